The molecule has 0 amide bonds. The Morgan fingerprint density at radius 2 is 2.05 bits per heavy atom. The number of hydrogen-bond acceptors (Lipinski definition) is 5. The molecule has 0 saturated carbocycles. The average Bonchev–Trinajstić information content (AvgIpc) is 2.96. The zero-order chi connectivity index (χ0) is 14.4. The first kappa shape index (κ1) is 15.1. The van der Waals surface area contributed by atoms with Gasteiger partial charge in [0.25, 0.3) is 0 Å². The van der Waals surface area contributed by atoms with Crippen molar-refractivity contribution in [1.29, 1.82) is 0 Å². The summed E-state index contributed by atoms with van der Waals surface area (Å²) in [6.07, 6.45) is 0.506. The Morgan fingerprint density at radius 3 is 2.75 bits per heavy atom. The monoisotopic (exact) mass is 292 g/mol. The van der Waals surface area contributed by atoms with E-state index in [1.165, 1.54) is 0 Å². The maximum Gasteiger partial charge on any atom is 0.232 e. The van der Waals surface area contributed by atoms with Gasteiger partial charge in [0.15, 0.2) is 5.82 Å². The van der Waals surface area contributed by atoms with E-state index in [1.54, 1.807) is 11.8 Å². The molecule has 0 aliphatic carbocycles. The first-order valence-corrected chi connectivity index (χ1v) is 8.01. The molecule has 2 rings (SSSR count). The standard InChI is InChI=1S/C15H20N2O2S/c1-3-9-20-10-13-16-15(19-17-13)11(2)14(18)12-7-5-4-6-8-12/h4-8,11,14,18H,3,9-10H2,1-2H3. The van der Waals surface area contributed by atoms with Gasteiger partial charge in [-0.3, -0.25) is 0 Å². The van der Waals surface area contributed by atoms with E-state index in [0.717, 1.165) is 23.5 Å². The van der Waals surface area contributed by atoms with Crippen molar-refractivity contribution in [3.05, 3.63) is 47.6 Å². The summed E-state index contributed by atoms with van der Waals surface area (Å²) in [6, 6.07) is 9.54. The highest BCUT2D eigenvalue weighted by molar-refractivity contribution is 7.98. The van der Waals surface area contributed by atoms with Crippen molar-refractivity contribution in [3.63, 3.8) is 0 Å². The lowest BCUT2D eigenvalue weighted by molar-refractivity contribution is 0.135. The summed E-state index contributed by atoms with van der Waals surface area (Å²) < 4.78 is 5.27. The van der Waals surface area contributed by atoms with Crippen LogP contribution in [0, 0.1) is 0 Å². The lowest BCUT2D eigenvalue weighted by Crippen LogP contribution is -2.08. The Balaban J connectivity index is 2.00. The molecule has 0 saturated heterocycles. The number of hydrogen-bond donors (Lipinski definition) is 1. The summed E-state index contributed by atoms with van der Waals surface area (Å²) >= 11 is 1.79. The predicted molar refractivity (Wildman–Crippen MR) is 80.6 cm³/mol. The van der Waals surface area contributed by atoms with Crippen LogP contribution in [-0.4, -0.2) is 21.0 Å². The van der Waals surface area contributed by atoms with Crippen LogP contribution in [0.4, 0.5) is 0 Å². The Hall–Kier alpha value is -1.33. The van der Waals surface area contributed by atoms with Crippen LogP contribution in [0.25, 0.3) is 0 Å². The van der Waals surface area contributed by atoms with Gasteiger partial charge in [0.2, 0.25) is 5.89 Å². The van der Waals surface area contributed by atoms with Gasteiger partial charge in [-0.15, -0.1) is 0 Å². The van der Waals surface area contributed by atoms with Crippen molar-refractivity contribution in [3.8, 4) is 0 Å². The molecule has 1 aromatic carbocycles. The fourth-order valence-electron chi connectivity index (χ4n) is 1.89. The van der Waals surface area contributed by atoms with Crippen LogP contribution in [-0.2, 0) is 5.75 Å². The first-order chi connectivity index (χ1) is 9.72. The van der Waals surface area contributed by atoms with Crippen LogP contribution in [0.1, 0.15) is 49.6 Å². The topological polar surface area (TPSA) is 59.2 Å². The van der Waals surface area contributed by atoms with E-state index < -0.39 is 6.10 Å². The van der Waals surface area contributed by atoms with Crippen molar-refractivity contribution >= 4 is 11.8 Å². The Labute approximate surface area is 123 Å². The van der Waals surface area contributed by atoms with E-state index >= 15 is 0 Å². The molecule has 4 nitrogen and oxygen atoms in total. The highest BCUT2D eigenvalue weighted by Crippen LogP contribution is 2.29. The molecule has 2 unspecified atom stereocenters. The lowest BCUT2D eigenvalue weighted by Gasteiger charge is -2.15. The van der Waals surface area contributed by atoms with Gasteiger partial charge in [-0.25, -0.2) is 0 Å². The molecule has 2 aromatic rings. The summed E-state index contributed by atoms with van der Waals surface area (Å²) in [5, 5.41) is 14.3. The van der Waals surface area contributed by atoms with Gasteiger partial charge in [0.05, 0.1) is 17.8 Å². The highest BCUT2D eigenvalue weighted by Gasteiger charge is 2.23. The van der Waals surface area contributed by atoms with Crippen LogP contribution < -0.4 is 0 Å². The molecule has 0 aliphatic heterocycles. The van der Waals surface area contributed by atoms with Crippen LogP contribution in [0.2, 0.25) is 0 Å². The van der Waals surface area contributed by atoms with Crippen LogP contribution in [0.3, 0.4) is 0 Å². The van der Waals surface area contributed by atoms with Gasteiger partial charge >= 0.3 is 0 Å². The minimum atomic E-state index is -0.632. The quantitative estimate of drug-likeness (QED) is 0.791. The zero-order valence-electron chi connectivity index (χ0n) is 11.8. The molecular weight excluding hydrogens is 272 g/mol. The summed E-state index contributed by atoms with van der Waals surface area (Å²) in [5.41, 5.74) is 0.861. The van der Waals surface area contributed by atoms with E-state index in [0.29, 0.717) is 11.7 Å². The molecule has 0 radical (unpaired) electrons. The summed E-state index contributed by atoms with van der Waals surface area (Å²) in [6.45, 7) is 4.04. The summed E-state index contributed by atoms with van der Waals surface area (Å²) in [4.78, 5) is 4.37. The fraction of sp³-hybridized carbons (Fsp3) is 0.467. The summed E-state index contributed by atoms with van der Waals surface area (Å²) in [5.74, 6) is 2.83. The number of aromatic nitrogens is 2. The molecule has 0 spiro atoms. The van der Waals surface area contributed by atoms with Gasteiger partial charge in [0.1, 0.15) is 0 Å². The van der Waals surface area contributed by atoms with Crippen LogP contribution in [0.5, 0.6) is 0 Å². The zero-order valence-corrected chi connectivity index (χ0v) is 12.6. The Morgan fingerprint density at radius 1 is 1.30 bits per heavy atom. The molecule has 2 atom stereocenters. The van der Waals surface area contributed by atoms with Crippen LogP contribution in [0.15, 0.2) is 34.9 Å². The minimum Gasteiger partial charge on any atom is -0.388 e. The molecule has 0 aliphatic rings. The maximum atomic E-state index is 10.3. The third-order valence-corrected chi connectivity index (χ3v) is 4.23. The second kappa shape index (κ2) is 7.45. The third kappa shape index (κ3) is 3.84. The first-order valence-electron chi connectivity index (χ1n) is 6.85. The largest absolute Gasteiger partial charge is 0.388 e. The SMILES string of the molecule is CCCSCc1noc(C(C)C(O)c2ccccc2)n1. The normalized spacial score (nSPS) is 14.2. The van der Waals surface area contributed by atoms with Crippen molar-refractivity contribution in [1.82, 2.24) is 10.1 Å². The highest BCUT2D eigenvalue weighted by atomic mass is 32.2. The van der Waals surface area contributed by atoms with E-state index in [-0.39, 0.29) is 5.92 Å². The van der Waals surface area contributed by atoms with Gasteiger partial charge < -0.3 is 9.63 Å². The number of aliphatic hydroxyl groups excluding tert-OH is 1. The Kier molecular flexibility index (Phi) is 5.61. The molecule has 20 heavy (non-hydrogen) atoms. The van der Waals surface area contributed by atoms with Crippen molar-refractivity contribution in [2.75, 3.05) is 5.75 Å². The second-order valence-electron chi connectivity index (χ2n) is 4.75. The third-order valence-electron chi connectivity index (χ3n) is 3.07. The minimum absolute atomic E-state index is 0.213. The lowest BCUT2D eigenvalue weighted by atomic mass is 9.97. The van der Waals surface area contributed by atoms with Crippen molar-refractivity contribution in [2.24, 2.45) is 0 Å². The molecule has 1 aromatic heterocycles. The number of nitrogens with zero attached hydrogens (tertiary/aromatic N) is 2. The molecule has 0 fully saturated rings. The molecule has 1 heterocycles. The molecular formula is C15H20N2O2S. The number of aliphatic hydroxyl groups is 1. The second-order valence-corrected chi connectivity index (χ2v) is 5.85. The molecule has 5 heteroatoms. The van der Waals surface area contributed by atoms with Crippen molar-refractivity contribution < 1.29 is 9.63 Å². The van der Waals surface area contributed by atoms with E-state index in [9.17, 15) is 5.11 Å². The number of rotatable bonds is 7. The predicted octanol–water partition coefficient (Wildman–Crippen LogP) is 3.55. The smallest absolute Gasteiger partial charge is 0.232 e. The van der Waals surface area contributed by atoms with Gasteiger partial charge in [0, 0.05) is 0 Å². The number of benzene rings is 1. The maximum absolute atomic E-state index is 10.3. The average molecular weight is 292 g/mol. The number of thioether (sulfide) groups is 1. The Bertz CT molecular complexity index is 516. The van der Waals surface area contributed by atoms with E-state index in [2.05, 4.69) is 17.1 Å². The van der Waals surface area contributed by atoms with Gasteiger partial charge in [-0.05, 0) is 17.7 Å². The molecule has 108 valence electrons. The summed E-state index contributed by atoms with van der Waals surface area (Å²) in [7, 11) is 0. The van der Waals surface area contributed by atoms with Gasteiger partial charge in [-0.2, -0.15) is 16.7 Å². The van der Waals surface area contributed by atoms with Gasteiger partial charge in [-0.1, -0.05) is 49.3 Å². The fourth-order valence-corrected chi connectivity index (χ4v) is 2.63. The van der Waals surface area contributed by atoms with E-state index in [1.807, 2.05) is 37.3 Å². The molecule has 1 N–H and O–H groups in total. The van der Waals surface area contributed by atoms with E-state index in [4.69, 9.17) is 4.52 Å². The van der Waals surface area contributed by atoms with Crippen molar-refractivity contribution in [2.45, 2.75) is 38.0 Å². The van der Waals surface area contributed by atoms with Crippen LogP contribution >= 0.6 is 11.8 Å². The molecule has 0 bridgehead atoms.